The van der Waals surface area contributed by atoms with Crippen molar-refractivity contribution in [1.29, 1.82) is 0 Å². The quantitative estimate of drug-likeness (QED) is 0.0116. The third kappa shape index (κ3) is 26.9. The van der Waals surface area contributed by atoms with E-state index in [1.807, 2.05) is 103 Å². The van der Waals surface area contributed by atoms with Gasteiger partial charge in [0.05, 0.1) is 85.1 Å². The van der Waals surface area contributed by atoms with E-state index < -0.39 is 19.1 Å². The highest BCUT2D eigenvalue weighted by atomic mass is 79.9. The van der Waals surface area contributed by atoms with Crippen LogP contribution in [0.25, 0.3) is 66.1 Å². The summed E-state index contributed by atoms with van der Waals surface area (Å²) in [5.74, 6) is -3.67. The fourth-order valence-electron chi connectivity index (χ4n) is 12.7. The molecule has 125 heavy (non-hydrogen) atoms. The summed E-state index contributed by atoms with van der Waals surface area (Å²) in [4.78, 5) is 95.3. The molecule has 0 atom stereocenters. The highest BCUT2D eigenvalue weighted by Gasteiger charge is 2.22. The van der Waals surface area contributed by atoms with Gasteiger partial charge in [0, 0.05) is 91.7 Å². The molecular formula is C95H89BBr2ClN7O19. The molecule has 4 heterocycles. The number of carbonyl (C=O) groups is 8. The molecular weight excluding hydrogens is 1750 g/mol. The van der Waals surface area contributed by atoms with E-state index in [9.17, 15) is 38.4 Å². The lowest BCUT2D eigenvalue weighted by molar-refractivity contribution is -0.143. The maximum absolute atomic E-state index is 13.2. The van der Waals surface area contributed by atoms with E-state index in [0.29, 0.717) is 132 Å². The van der Waals surface area contributed by atoms with Gasteiger partial charge in [-0.3, -0.25) is 33.6 Å². The number of ether oxygens (including phenoxy) is 3. The number of nitrogens with one attached hydrogen (secondary N) is 3. The van der Waals surface area contributed by atoms with Crippen molar-refractivity contribution in [2.45, 2.75) is 66.1 Å². The minimum atomic E-state index is -1.40. The van der Waals surface area contributed by atoms with Crippen molar-refractivity contribution in [3.8, 4) is 22.3 Å². The molecule has 0 bridgehead atoms. The van der Waals surface area contributed by atoms with Crippen molar-refractivity contribution in [3.05, 3.63) is 338 Å². The molecule has 15 aromatic rings. The molecule has 0 aliphatic carbocycles. The number of aliphatic carboxylic acids is 1. The minimum Gasteiger partial charge on any atom is -0.481 e. The van der Waals surface area contributed by atoms with Gasteiger partial charge >= 0.3 is 37.0 Å². The number of carbonyl (C=O) groups excluding carboxylic acids is 6. The molecule has 4 aromatic heterocycles. The number of anilines is 4. The highest BCUT2D eigenvalue weighted by molar-refractivity contribution is 9.11. The number of esters is 3. The average Bonchev–Trinajstić information content (AvgIpc) is 1.69. The Hall–Kier alpha value is -13.7. The standard InChI is InChI=1S/C26H24N2O4.C24H20N2O4.C19H16BrNO4.C10H13NO2.C9H5BrO3.C7H10BNO2.ClH/c1-2-31-24(29)15-19-7-3-4-9-23(19)28-26(30)21-13-20-10-11-32-25(20)22(14-21)18-8-5-6-17(12-18)16-27;25-14-15-4-3-6-16(10-15)20-12-19(11-18-8-9-30-23(18)20)24(29)26-21-7-2-1-5-17(21)13-22(27)28;1-2-24-17(22)11-12-5-3-4-6-16(12)21-19(23)14-9-13-7-8-25-18(13)15(20)10-14;1-2-13-10(12)7-8-5-3-4-6-9(8)11;10-7-4-6(9(11)12)3-5-1-2-13-8(5)7;9-5-6-2-1-3-7(4-6)8(10)11;/h3-14H,2,15-16,27H2,1H3,(H,28,30);1-12H,13-14,25H2,(H,26,29)(H,27,28);3-10H,2,11H2,1H3,(H,21,23);3-6H,2,7,11H2,1H3;1-4H,(H,11,12);1-4,10-11H,5,9H2;1H. The van der Waals surface area contributed by atoms with Crippen LogP contribution in [0.4, 0.5) is 22.7 Å². The number of para-hydroxylation sites is 4. The number of carboxylic acid groups (broad SMARTS) is 2. The first-order chi connectivity index (χ1) is 59.9. The topological polar surface area (TPSA) is 438 Å². The van der Waals surface area contributed by atoms with Crippen molar-refractivity contribution in [2.24, 2.45) is 17.2 Å². The van der Waals surface area contributed by atoms with Crippen molar-refractivity contribution < 1.29 is 90.5 Å². The van der Waals surface area contributed by atoms with Gasteiger partial charge in [-0.2, -0.15) is 0 Å². The number of rotatable bonds is 24. The van der Waals surface area contributed by atoms with Crippen LogP contribution < -0.4 is 44.3 Å². The van der Waals surface area contributed by atoms with Gasteiger partial charge in [0.2, 0.25) is 0 Å². The lowest BCUT2D eigenvalue weighted by Crippen LogP contribution is -2.30. The Labute approximate surface area is 741 Å². The number of nitrogens with two attached hydrogens (primary N) is 4. The van der Waals surface area contributed by atoms with Crippen molar-refractivity contribution >= 4 is 171 Å². The summed E-state index contributed by atoms with van der Waals surface area (Å²) in [6.07, 6.45) is 6.57. The van der Waals surface area contributed by atoms with Crippen LogP contribution in [0.5, 0.6) is 0 Å². The zero-order valence-corrected chi connectivity index (χ0v) is 71.9. The minimum absolute atomic E-state index is 0. The van der Waals surface area contributed by atoms with Crippen LogP contribution in [0.2, 0.25) is 0 Å². The van der Waals surface area contributed by atoms with Gasteiger partial charge in [-0.1, -0.05) is 133 Å². The molecule has 30 heteroatoms. The van der Waals surface area contributed by atoms with Crippen LogP contribution in [0.1, 0.15) is 101 Å². The predicted octanol–water partition coefficient (Wildman–Crippen LogP) is 17.4. The maximum atomic E-state index is 13.2. The molecule has 0 saturated carbocycles. The summed E-state index contributed by atoms with van der Waals surface area (Å²) in [7, 11) is -1.40. The summed E-state index contributed by atoms with van der Waals surface area (Å²) in [6.45, 7) is 7.60. The maximum Gasteiger partial charge on any atom is 0.488 e. The second-order valence-electron chi connectivity index (χ2n) is 27.3. The number of halogens is 3. The van der Waals surface area contributed by atoms with Gasteiger partial charge < -0.3 is 91.0 Å². The first-order valence-electron chi connectivity index (χ1n) is 38.9. The molecule has 26 nitrogen and oxygen atoms in total. The number of fused-ring (bicyclic) bond motifs is 4. The van der Waals surface area contributed by atoms with E-state index in [4.69, 9.17) is 75.1 Å². The number of amides is 3. The molecule has 0 saturated heterocycles. The number of carboxylic acids is 2. The lowest BCUT2D eigenvalue weighted by atomic mass is 9.80. The number of hydrogen-bond acceptors (Lipinski definition) is 21. The van der Waals surface area contributed by atoms with Gasteiger partial charge in [0.15, 0.2) is 0 Å². The molecule has 0 aliphatic rings. The fourth-order valence-corrected chi connectivity index (χ4v) is 13.9. The molecule has 0 unspecified atom stereocenters. The average molecular weight is 1840 g/mol. The largest absolute Gasteiger partial charge is 0.488 e. The summed E-state index contributed by atoms with van der Waals surface area (Å²) < 4.78 is 38.1. The summed E-state index contributed by atoms with van der Waals surface area (Å²) in [5, 5.41) is 47.3. The number of hydrogen-bond donors (Lipinski definition) is 11. The fraction of sp³-hybridized carbons (Fsp3) is 0.137. The van der Waals surface area contributed by atoms with E-state index in [-0.39, 0.29) is 79.3 Å². The Morgan fingerprint density at radius 2 is 0.704 bits per heavy atom. The molecule has 0 radical (unpaired) electrons. The lowest BCUT2D eigenvalue weighted by Gasteiger charge is -2.12. The smallest absolute Gasteiger partial charge is 0.481 e. The second kappa shape index (κ2) is 47.0. The third-order valence-corrected chi connectivity index (χ3v) is 19.9. The summed E-state index contributed by atoms with van der Waals surface area (Å²) in [6, 6.07) is 71.9. The highest BCUT2D eigenvalue weighted by Crippen LogP contribution is 2.36. The Morgan fingerprint density at radius 3 is 1.08 bits per heavy atom. The Balaban J connectivity index is 0.000000177. The number of benzene rings is 11. The van der Waals surface area contributed by atoms with E-state index in [1.165, 1.54) is 12.3 Å². The number of aromatic carboxylic acids is 1. The molecule has 3 amide bonds. The predicted molar refractivity (Wildman–Crippen MR) is 492 cm³/mol. The number of furan rings is 4. The molecule has 0 fully saturated rings. The van der Waals surface area contributed by atoms with Gasteiger partial charge in [-0.25, -0.2) is 4.79 Å². The Morgan fingerprint density at radius 1 is 0.376 bits per heavy atom. The third-order valence-electron chi connectivity index (χ3n) is 18.7. The van der Waals surface area contributed by atoms with Crippen molar-refractivity contribution in [1.82, 2.24) is 0 Å². The van der Waals surface area contributed by atoms with Crippen molar-refractivity contribution in [3.63, 3.8) is 0 Å². The van der Waals surface area contributed by atoms with Gasteiger partial charge in [0.1, 0.15) is 22.3 Å². The van der Waals surface area contributed by atoms with E-state index in [2.05, 4.69) is 47.8 Å². The van der Waals surface area contributed by atoms with Crippen LogP contribution in [0, 0.1) is 0 Å². The molecule has 642 valence electrons. The van der Waals surface area contributed by atoms with Crippen LogP contribution >= 0.6 is 44.3 Å². The second-order valence-corrected chi connectivity index (χ2v) is 29.0. The summed E-state index contributed by atoms with van der Waals surface area (Å²) >= 11 is 6.65. The van der Waals surface area contributed by atoms with E-state index in [0.717, 1.165) is 66.1 Å². The van der Waals surface area contributed by atoms with Crippen molar-refractivity contribution in [2.75, 3.05) is 41.5 Å². The van der Waals surface area contributed by atoms with Crippen LogP contribution in [-0.4, -0.2) is 94.8 Å². The Kier molecular flexibility index (Phi) is 35.8. The summed E-state index contributed by atoms with van der Waals surface area (Å²) in [5.41, 5.74) is 38.8. The zero-order valence-electron chi connectivity index (χ0n) is 67.9. The SMILES string of the molecule is CCOC(=O)Cc1ccccc1N.CCOC(=O)Cc1ccccc1NC(=O)c1cc(-c2cccc(CN)c2)c2occc2c1.CCOC(=O)Cc1ccccc1NC(=O)c1cc(Br)c2occc2c1.Cl.NCc1cccc(-c2cc(C(=O)Nc3ccccc3CC(=O)O)cc3ccoc23)c1.NCc1cccc(B(O)O)c1.O=C(O)c1cc(Br)c2occc2c1. The molecule has 0 spiro atoms. The van der Waals surface area contributed by atoms with Crippen LogP contribution in [0.3, 0.4) is 0 Å². The van der Waals surface area contributed by atoms with E-state index in [1.54, 1.807) is 173 Å². The van der Waals surface area contributed by atoms with Gasteiger partial charge in [-0.05, 0) is 217 Å². The number of nitrogen functional groups attached to an aromatic ring is 1. The first-order valence-corrected chi connectivity index (χ1v) is 40.5. The van der Waals surface area contributed by atoms with Crippen LogP contribution in [0.15, 0.2) is 294 Å². The van der Waals surface area contributed by atoms with Gasteiger partial charge in [-0.15, -0.1) is 12.4 Å². The van der Waals surface area contributed by atoms with E-state index >= 15 is 0 Å². The van der Waals surface area contributed by atoms with Gasteiger partial charge in [0.25, 0.3) is 17.7 Å². The molecule has 15 rings (SSSR count). The molecule has 0 aliphatic heterocycles. The zero-order chi connectivity index (χ0) is 88.8. The molecule has 15 N–H and O–H groups in total. The molecule has 11 aromatic carbocycles. The first kappa shape index (κ1) is 95.1. The Bertz CT molecular complexity index is 6290. The normalized spacial score (nSPS) is 10.4. The van der Waals surface area contributed by atoms with Crippen LogP contribution in [-0.2, 0) is 78.7 Å². The monoisotopic (exact) mass is 1840 g/mol.